The number of fused-ring (bicyclic) bond motifs is 1. The number of amides is 1. The predicted molar refractivity (Wildman–Crippen MR) is 84.1 cm³/mol. The summed E-state index contributed by atoms with van der Waals surface area (Å²) in [5.41, 5.74) is 0.954. The quantitative estimate of drug-likeness (QED) is 0.771. The molecule has 0 bridgehead atoms. The molecule has 0 fully saturated rings. The summed E-state index contributed by atoms with van der Waals surface area (Å²) in [7, 11) is 1.52. The van der Waals surface area contributed by atoms with Crippen molar-refractivity contribution in [3.05, 3.63) is 59.9 Å². The molecule has 0 aliphatic rings. The van der Waals surface area contributed by atoms with Crippen molar-refractivity contribution < 1.29 is 23.8 Å². The number of carboxylic acids is 1. The molecule has 0 spiro atoms. The number of furan rings is 1. The lowest BCUT2D eigenvalue weighted by Crippen LogP contribution is -2.11. The Morgan fingerprint density at radius 3 is 2.65 bits per heavy atom. The molecule has 1 aromatic heterocycles. The molecule has 0 unspecified atom stereocenters. The van der Waals surface area contributed by atoms with Crippen LogP contribution in [0.15, 0.2) is 52.9 Å². The minimum Gasteiger partial charge on any atom is -0.493 e. The van der Waals surface area contributed by atoms with Gasteiger partial charge >= 0.3 is 5.97 Å². The van der Waals surface area contributed by atoms with E-state index in [0.29, 0.717) is 17.0 Å². The van der Waals surface area contributed by atoms with Gasteiger partial charge in [-0.3, -0.25) is 4.79 Å². The van der Waals surface area contributed by atoms with E-state index >= 15 is 0 Å². The normalized spacial score (nSPS) is 10.5. The van der Waals surface area contributed by atoms with Crippen LogP contribution in [0.1, 0.15) is 20.9 Å². The molecule has 0 aliphatic carbocycles. The summed E-state index contributed by atoms with van der Waals surface area (Å²) in [5.74, 6) is -0.875. The molecule has 0 saturated heterocycles. The number of hydrogen-bond donors (Lipinski definition) is 2. The molecule has 6 nitrogen and oxygen atoms in total. The highest BCUT2D eigenvalue weighted by atomic mass is 16.5. The number of aromatic carboxylic acids is 1. The van der Waals surface area contributed by atoms with Crippen molar-refractivity contribution in [2.45, 2.75) is 0 Å². The standard InChI is InChI=1S/C17H13NO5/c1-22-13-7-3-4-10-9-14(23-15(10)13)16(19)18-12-6-2-5-11(8-12)17(20)21/h2-9H,1H3,(H,18,19)(H,20,21). The Bertz CT molecular complexity index is 897. The molecular weight excluding hydrogens is 298 g/mol. The molecule has 116 valence electrons. The Hall–Kier alpha value is -3.28. The molecule has 0 aliphatic heterocycles. The van der Waals surface area contributed by atoms with E-state index in [1.165, 1.54) is 19.2 Å². The van der Waals surface area contributed by atoms with Gasteiger partial charge in [-0.2, -0.15) is 0 Å². The van der Waals surface area contributed by atoms with Gasteiger partial charge in [-0.25, -0.2) is 4.79 Å². The van der Waals surface area contributed by atoms with Crippen LogP contribution in [-0.2, 0) is 0 Å². The summed E-state index contributed by atoms with van der Waals surface area (Å²) >= 11 is 0. The monoisotopic (exact) mass is 311 g/mol. The average molecular weight is 311 g/mol. The van der Waals surface area contributed by atoms with Crippen LogP contribution in [0.4, 0.5) is 5.69 Å². The number of anilines is 1. The number of methoxy groups -OCH3 is 1. The number of rotatable bonds is 4. The van der Waals surface area contributed by atoms with Crippen molar-refractivity contribution in [1.82, 2.24) is 0 Å². The molecule has 23 heavy (non-hydrogen) atoms. The van der Waals surface area contributed by atoms with Crippen molar-refractivity contribution in [1.29, 1.82) is 0 Å². The third-order valence-electron chi connectivity index (χ3n) is 3.32. The predicted octanol–water partition coefficient (Wildman–Crippen LogP) is 3.39. The summed E-state index contributed by atoms with van der Waals surface area (Å²) in [6.07, 6.45) is 0. The van der Waals surface area contributed by atoms with Gasteiger partial charge < -0.3 is 19.6 Å². The van der Waals surface area contributed by atoms with Gasteiger partial charge in [0.2, 0.25) is 0 Å². The summed E-state index contributed by atoms with van der Waals surface area (Å²) < 4.78 is 10.7. The van der Waals surface area contributed by atoms with Crippen LogP contribution in [-0.4, -0.2) is 24.1 Å². The molecule has 1 heterocycles. The molecule has 6 heteroatoms. The van der Waals surface area contributed by atoms with E-state index in [0.717, 1.165) is 5.39 Å². The SMILES string of the molecule is COc1cccc2cc(C(=O)Nc3cccc(C(=O)O)c3)oc12. The van der Waals surface area contributed by atoms with Crippen LogP contribution >= 0.6 is 0 Å². The van der Waals surface area contributed by atoms with E-state index < -0.39 is 11.9 Å². The fourth-order valence-corrected chi connectivity index (χ4v) is 2.23. The lowest BCUT2D eigenvalue weighted by Gasteiger charge is -2.04. The number of benzene rings is 2. The summed E-state index contributed by atoms with van der Waals surface area (Å²) in [4.78, 5) is 23.2. The largest absolute Gasteiger partial charge is 0.493 e. The van der Waals surface area contributed by atoms with Gasteiger partial charge in [0.1, 0.15) is 0 Å². The fraction of sp³-hybridized carbons (Fsp3) is 0.0588. The minimum atomic E-state index is -1.06. The number of para-hydroxylation sites is 1. The first-order chi connectivity index (χ1) is 11.1. The number of nitrogens with one attached hydrogen (secondary N) is 1. The first kappa shape index (κ1) is 14.6. The highest BCUT2D eigenvalue weighted by molar-refractivity contribution is 6.05. The van der Waals surface area contributed by atoms with E-state index in [2.05, 4.69) is 5.32 Å². The maximum Gasteiger partial charge on any atom is 0.335 e. The average Bonchev–Trinajstić information content (AvgIpc) is 2.99. The maximum absolute atomic E-state index is 12.3. The number of ether oxygens (including phenoxy) is 1. The smallest absolute Gasteiger partial charge is 0.335 e. The van der Waals surface area contributed by atoms with Crippen LogP contribution in [0.2, 0.25) is 0 Å². The molecule has 2 aromatic carbocycles. The molecule has 0 atom stereocenters. The van der Waals surface area contributed by atoms with Crippen molar-refractivity contribution in [2.75, 3.05) is 12.4 Å². The zero-order chi connectivity index (χ0) is 16.4. The summed E-state index contributed by atoms with van der Waals surface area (Å²) in [6, 6.07) is 12.9. The van der Waals surface area contributed by atoms with Crippen LogP contribution < -0.4 is 10.1 Å². The Kier molecular flexibility index (Phi) is 3.72. The maximum atomic E-state index is 12.3. The molecule has 3 aromatic rings. The first-order valence-corrected chi connectivity index (χ1v) is 6.80. The van der Waals surface area contributed by atoms with E-state index in [9.17, 15) is 9.59 Å². The first-order valence-electron chi connectivity index (χ1n) is 6.80. The third kappa shape index (κ3) is 2.87. The van der Waals surface area contributed by atoms with Crippen molar-refractivity contribution in [2.24, 2.45) is 0 Å². The van der Waals surface area contributed by atoms with Crippen LogP contribution in [0.25, 0.3) is 11.0 Å². The number of carboxylic acid groups (broad SMARTS) is 1. The Labute approximate surface area is 131 Å². The van der Waals surface area contributed by atoms with E-state index in [-0.39, 0.29) is 11.3 Å². The molecular formula is C17H13NO5. The van der Waals surface area contributed by atoms with Crippen LogP contribution in [0, 0.1) is 0 Å². The number of carbonyl (C=O) groups excluding carboxylic acids is 1. The molecule has 0 radical (unpaired) electrons. The third-order valence-corrected chi connectivity index (χ3v) is 3.32. The van der Waals surface area contributed by atoms with Crippen molar-refractivity contribution in [3.8, 4) is 5.75 Å². The zero-order valence-electron chi connectivity index (χ0n) is 12.2. The van der Waals surface area contributed by atoms with Gasteiger partial charge in [0.05, 0.1) is 12.7 Å². The van der Waals surface area contributed by atoms with Crippen molar-refractivity contribution >= 4 is 28.5 Å². The molecule has 0 saturated carbocycles. The highest BCUT2D eigenvalue weighted by Gasteiger charge is 2.15. The number of carbonyl (C=O) groups is 2. The summed E-state index contributed by atoms with van der Waals surface area (Å²) in [6.45, 7) is 0. The van der Waals surface area contributed by atoms with Gasteiger partial charge in [-0.05, 0) is 30.3 Å². The minimum absolute atomic E-state index is 0.0917. The van der Waals surface area contributed by atoms with Gasteiger partial charge in [0, 0.05) is 11.1 Å². The topological polar surface area (TPSA) is 88.8 Å². The Morgan fingerprint density at radius 1 is 1.13 bits per heavy atom. The summed E-state index contributed by atoms with van der Waals surface area (Å²) in [5, 5.41) is 12.3. The number of hydrogen-bond acceptors (Lipinski definition) is 4. The van der Waals surface area contributed by atoms with Gasteiger partial charge in [0.15, 0.2) is 17.1 Å². The van der Waals surface area contributed by atoms with Gasteiger partial charge in [0.25, 0.3) is 5.91 Å². The second-order valence-corrected chi connectivity index (χ2v) is 4.83. The highest BCUT2D eigenvalue weighted by Crippen LogP contribution is 2.28. The van der Waals surface area contributed by atoms with Crippen LogP contribution in [0.5, 0.6) is 5.75 Å². The van der Waals surface area contributed by atoms with Gasteiger partial charge in [-0.15, -0.1) is 0 Å². The second kappa shape index (κ2) is 5.84. The van der Waals surface area contributed by atoms with E-state index in [1.54, 1.807) is 30.3 Å². The Balaban J connectivity index is 1.89. The lowest BCUT2D eigenvalue weighted by atomic mass is 10.2. The zero-order valence-corrected chi connectivity index (χ0v) is 12.2. The fourth-order valence-electron chi connectivity index (χ4n) is 2.23. The molecule has 3 rings (SSSR count). The molecule has 2 N–H and O–H groups in total. The Morgan fingerprint density at radius 2 is 1.91 bits per heavy atom. The van der Waals surface area contributed by atoms with E-state index in [1.807, 2.05) is 6.07 Å². The van der Waals surface area contributed by atoms with E-state index in [4.69, 9.17) is 14.3 Å². The van der Waals surface area contributed by atoms with Gasteiger partial charge in [-0.1, -0.05) is 18.2 Å². The van der Waals surface area contributed by atoms with Crippen LogP contribution in [0.3, 0.4) is 0 Å². The second-order valence-electron chi connectivity index (χ2n) is 4.83. The lowest BCUT2D eigenvalue weighted by molar-refractivity contribution is 0.0696. The molecule has 1 amide bonds. The van der Waals surface area contributed by atoms with Crippen molar-refractivity contribution in [3.63, 3.8) is 0 Å².